The van der Waals surface area contributed by atoms with Crippen molar-refractivity contribution in [3.8, 4) is 0 Å². The average Bonchev–Trinajstić information content (AvgIpc) is 2.47. The highest BCUT2D eigenvalue weighted by molar-refractivity contribution is 5.94. The van der Waals surface area contributed by atoms with Crippen LogP contribution in [0.2, 0.25) is 0 Å². The third kappa shape index (κ3) is 6.45. The zero-order valence-electron chi connectivity index (χ0n) is 12.3. The molecule has 1 aromatic carbocycles. The van der Waals surface area contributed by atoms with Gasteiger partial charge in [-0.3, -0.25) is 14.9 Å². The van der Waals surface area contributed by atoms with Crippen molar-refractivity contribution in [1.29, 1.82) is 0 Å². The Morgan fingerprint density at radius 1 is 1.39 bits per heavy atom. The Hall–Kier alpha value is -2.45. The Labute approximate surface area is 138 Å². The van der Waals surface area contributed by atoms with E-state index in [4.69, 9.17) is 15.6 Å². The largest absolute Gasteiger partial charge is 0.480 e. The molecule has 1 rings (SSSR count). The van der Waals surface area contributed by atoms with E-state index in [0.29, 0.717) is 5.56 Å². The number of carbonyl (C=O) groups is 2. The third-order valence-corrected chi connectivity index (χ3v) is 2.74. The van der Waals surface area contributed by atoms with Crippen LogP contribution in [0, 0.1) is 10.1 Å². The number of non-ortho nitro benzene ring substituents is 1. The number of carbonyl (C=O) groups excluding carboxylic acids is 1. The predicted molar refractivity (Wildman–Crippen MR) is 85.2 cm³/mol. The number of nitrogens with two attached hydrogens (primary N) is 1. The Morgan fingerprint density at radius 2 is 1.96 bits per heavy atom. The molecule has 0 saturated carbocycles. The summed E-state index contributed by atoms with van der Waals surface area (Å²) in [4.78, 5) is 32.7. The summed E-state index contributed by atoms with van der Waals surface area (Å²) in [5, 5.41) is 19.4. The van der Waals surface area contributed by atoms with Gasteiger partial charge in [-0.2, -0.15) is 0 Å². The summed E-state index contributed by atoms with van der Waals surface area (Å²) >= 11 is 0. The molecule has 0 aliphatic heterocycles. The van der Waals surface area contributed by atoms with Gasteiger partial charge in [-0.1, -0.05) is 0 Å². The van der Waals surface area contributed by atoms with Crippen molar-refractivity contribution < 1.29 is 24.4 Å². The number of hydrogen-bond donors (Lipinski definition) is 2. The summed E-state index contributed by atoms with van der Waals surface area (Å²) in [5.74, 6) is -1.91. The highest BCUT2D eigenvalue weighted by Crippen LogP contribution is 2.17. The van der Waals surface area contributed by atoms with Crippen LogP contribution < -0.4 is 5.73 Å². The van der Waals surface area contributed by atoms with E-state index >= 15 is 0 Å². The average molecular weight is 345 g/mol. The fourth-order valence-electron chi connectivity index (χ4n) is 1.64. The quantitative estimate of drug-likeness (QED) is 0.333. The highest BCUT2D eigenvalue weighted by Gasteiger charge is 2.19. The minimum absolute atomic E-state index is 0. The molecule has 0 radical (unpaired) electrons. The second-order valence-electron chi connectivity index (χ2n) is 4.39. The Morgan fingerprint density at radius 3 is 2.39 bits per heavy atom. The van der Waals surface area contributed by atoms with Gasteiger partial charge in [0.2, 0.25) is 0 Å². The molecule has 0 aliphatic carbocycles. The molecule has 0 spiro atoms. The van der Waals surface area contributed by atoms with Crippen molar-refractivity contribution >= 4 is 36.1 Å². The molecule has 126 valence electrons. The van der Waals surface area contributed by atoms with Crippen LogP contribution >= 0.6 is 12.4 Å². The molecule has 0 amide bonds. The first-order chi connectivity index (χ1) is 10.3. The summed E-state index contributed by atoms with van der Waals surface area (Å²) in [6.07, 6.45) is 1.20. The number of benzene rings is 1. The maximum Gasteiger partial charge on any atom is 0.334 e. The number of aliphatic carboxylic acids is 1. The monoisotopic (exact) mass is 344 g/mol. The first-order valence-corrected chi connectivity index (χ1v) is 6.45. The lowest BCUT2D eigenvalue weighted by Crippen LogP contribution is -2.31. The number of nitro benzene ring substituents is 1. The van der Waals surface area contributed by atoms with Crippen LogP contribution in [0.3, 0.4) is 0 Å². The van der Waals surface area contributed by atoms with Gasteiger partial charge < -0.3 is 15.6 Å². The van der Waals surface area contributed by atoms with E-state index in [1.807, 2.05) is 0 Å². The lowest BCUT2D eigenvalue weighted by molar-refractivity contribution is -0.384. The van der Waals surface area contributed by atoms with Crippen LogP contribution in [-0.2, 0) is 14.3 Å². The van der Waals surface area contributed by atoms with Crippen molar-refractivity contribution in [1.82, 2.24) is 0 Å². The second-order valence-corrected chi connectivity index (χ2v) is 4.39. The minimum Gasteiger partial charge on any atom is -0.480 e. The molecule has 1 atom stereocenters. The highest BCUT2D eigenvalue weighted by atomic mass is 35.5. The van der Waals surface area contributed by atoms with Crippen molar-refractivity contribution in [3.05, 3.63) is 45.5 Å². The summed E-state index contributed by atoms with van der Waals surface area (Å²) in [5.41, 5.74) is 5.94. The zero-order chi connectivity index (χ0) is 16.7. The number of nitrogens with zero attached hydrogens (tertiary/aromatic N) is 1. The molecule has 8 nitrogen and oxygen atoms in total. The summed E-state index contributed by atoms with van der Waals surface area (Å²) in [6, 6.07) is 4.22. The molecule has 0 bridgehead atoms. The number of carboxylic acid groups (broad SMARTS) is 1. The van der Waals surface area contributed by atoms with E-state index in [0.717, 1.165) is 0 Å². The minimum atomic E-state index is -1.24. The molecule has 23 heavy (non-hydrogen) atoms. The van der Waals surface area contributed by atoms with E-state index in [9.17, 15) is 19.7 Å². The van der Waals surface area contributed by atoms with Gasteiger partial charge in [-0.15, -0.1) is 12.4 Å². The van der Waals surface area contributed by atoms with Crippen LogP contribution in [0.5, 0.6) is 0 Å². The normalized spacial score (nSPS) is 12.0. The van der Waals surface area contributed by atoms with Gasteiger partial charge in [0.05, 0.1) is 11.5 Å². The summed E-state index contributed by atoms with van der Waals surface area (Å²) < 4.78 is 4.85. The molecular formula is C14H17ClN2O6. The third-order valence-electron chi connectivity index (χ3n) is 2.74. The van der Waals surface area contributed by atoms with Crippen molar-refractivity contribution in [2.45, 2.75) is 19.4 Å². The van der Waals surface area contributed by atoms with E-state index < -0.39 is 22.9 Å². The molecule has 0 unspecified atom stereocenters. The molecule has 3 N–H and O–H groups in total. The number of rotatable bonds is 7. The number of nitro groups is 1. The van der Waals surface area contributed by atoms with Gasteiger partial charge in [-0.25, -0.2) is 4.79 Å². The number of esters is 1. The van der Waals surface area contributed by atoms with E-state index in [-0.39, 0.29) is 36.7 Å². The number of hydrogen-bond acceptors (Lipinski definition) is 6. The van der Waals surface area contributed by atoms with Gasteiger partial charge in [0, 0.05) is 24.1 Å². The van der Waals surface area contributed by atoms with Crippen LogP contribution in [0.1, 0.15) is 18.9 Å². The van der Waals surface area contributed by atoms with Gasteiger partial charge in [0.1, 0.15) is 6.04 Å². The van der Waals surface area contributed by atoms with Gasteiger partial charge in [0.15, 0.2) is 0 Å². The first-order valence-electron chi connectivity index (χ1n) is 6.45. The molecule has 9 heteroatoms. The van der Waals surface area contributed by atoms with Crippen LogP contribution in [0.25, 0.3) is 6.08 Å². The van der Waals surface area contributed by atoms with Crippen LogP contribution in [0.4, 0.5) is 5.69 Å². The molecule has 0 heterocycles. The number of ether oxygens (including phenoxy) is 1. The van der Waals surface area contributed by atoms with E-state index in [1.165, 1.54) is 30.3 Å². The zero-order valence-corrected chi connectivity index (χ0v) is 13.1. The van der Waals surface area contributed by atoms with Gasteiger partial charge in [-0.05, 0) is 30.7 Å². The van der Waals surface area contributed by atoms with Crippen LogP contribution in [-0.4, -0.2) is 34.6 Å². The lowest BCUT2D eigenvalue weighted by atomic mass is 10.0. The Balaban J connectivity index is 0.00000484. The maximum absolute atomic E-state index is 11.8. The van der Waals surface area contributed by atoms with Crippen molar-refractivity contribution in [3.63, 3.8) is 0 Å². The van der Waals surface area contributed by atoms with Crippen molar-refractivity contribution in [2.75, 3.05) is 6.61 Å². The lowest BCUT2D eigenvalue weighted by Gasteiger charge is -2.10. The summed E-state index contributed by atoms with van der Waals surface area (Å²) in [6.45, 7) is 1.76. The van der Waals surface area contributed by atoms with Gasteiger partial charge >= 0.3 is 11.9 Å². The molecular weight excluding hydrogens is 328 g/mol. The number of carboxylic acids is 1. The maximum atomic E-state index is 11.8. The Kier molecular flexibility index (Phi) is 8.53. The Bertz CT molecular complexity index is 600. The molecule has 1 aromatic rings. The fourth-order valence-corrected chi connectivity index (χ4v) is 1.64. The van der Waals surface area contributed by atoms with E-state index in [1.54, 1.807) is 6.92 Å². The molecule has 0 fully saturated rings. The standard InChI is InChI=1S/C14H16N2O6.ClH/c1-2-22-14(19)10(8-12(15)13(17)18)7-9-3-5-11(6-4-9)16(20)21;/h3-7,12H,2,8,15H2,1H3,(H,17,18);1H/b10-7+;/t12-;/m1./s1. The predicted octanol–water partition coefficient (Wildman–Crippen LogP) is 1.77. The smallest absolute Gasteiger partial charge is 0.334 e. The fraction of sp³-hybridized carbons (Fsp3) is 0.286. The van der Waals surface area contributed by atoms with Gasteiger partial charge in [0.25, 0.3) is 5.69 Å². The first kappa shape index (κ1) is 20.6. The SMILES string of the molecule is CCOC(=O)/C(=C/c1ccc([N+](=O)[O-])cc1)C[C@@H](N)C(=O)O.Cl. The molecule has 0 saturated heterocycles. The second kappa shape index (κ2) is 9.54. The van der Waals surface area contributed by atoms with Crippen LogP contribution in [0.15, 0.2) is 29.8 Å². The summed E-state index contributed by atoms with van der Waals surface area (Å²) in [7, 11) is 0. The molecule has 0 aliphatic rings. The number of halogens is 1. The van der Waals surface area contributed by atoms with E-state index in [2.05, 4.69) is 0 Å². The topological polar surface area (TPSA) is 133 Å². The van der Waals surface area contributed by atoms with Crippen molar-refractivity contribution in [2.24, 2.45) is 5.73 Å². The molecule has 0 aromatic heterocycles.